The minimum absolute atomic E-state index is 0.104. The first-order valence-corrected chi connectivity index (χ1v) is 10.4. The van der Waals surface area contributed by atoms with Crippen molar-refractivity contribution in [3.05, 3.63) is 57.5 Å². The second-order valence-electron chi connectivity index (χ2n) is 8.24. The number of aromatic nitrogens is 2. The predicted molar refractivity (Wildman–Crippen MR) is 111 cm³/mol. The highest BCUT2D eigenvalue weighted by Gasteiger charge is 2.30. The number of amides is 1. The maximum absolute atomic E-state index is 13.1. The number of hydrogen-bond donors (Lipinski definition) is 1. The van der Waals surface area contributed by atoms with Crippen LogP contribution in [0.25, 0.3) is 5.69 Å². The van der Waals surface area contributed by atoms with Gasteiger partial charge in [-0.25, -0.2) is 4.68 Å². The third-order valence-corrected chi connectivity index (χ3v) is 5.74. The number of halogens is 3. The highest BCUT2D eigenvalue weighted by atomic mass is 19.4. The molecule has 2 heterocycles. The lowest BCUT2D eigenvalue weighted by Gasteiger charge is -2.34. The summed E-state index contributed by atoms with van der Waals surface area (Å²) in [6, 6.07) is 5.91. The smallest absolute Gasteiger partial charge is 0.349 e. The Morgan fingerprint density at radius 2 is 1.94 bits per heavy atom. The molecule has 1 unspecified atom stereocenters. The lowest BCUT2D eigenvalue weighted by molar-refractivity contribution is -0.137. The average molecular weight is 436 g/mol. The van der Waals surface area contributed by atoms with Crippen LogP contribution in [0, 0.1) is 12.8 Å². The molecule has 6 nitrogen and oxygen atoms in total. The highest BCUT2D eigenvalue weighted by molar-refractivity contribution is 5.92. The molecule has 1 fully saturated rings. The van der Waals surface area contributed by atoms with Gasteiger partial charge in [0.25, 0.3) is 5.91 Å². The third kappa shape index (κ3) is 5.52. The van der Waals surface area contributed by atoms with Crippen molar-refractivity contribution in [2.75, 3.05) is 19.6 Å². The summed E-state index contributed by atoms with van der Waals surface area (Å²) in [7, 11) is 0. The van der Waals surface area contributed by atoms with Gasteiger partial charge < -0.3 is 5.32 Å². The Morgan fingerprint density at radius 3 is 2.58 bits per heavy atom. The van der Waals surface area contributed by atoms with E-state index in [9.17, 15) is 22.8 Å². The van der Waals surface area contributed by atoms with Crippen LogP contribution in [0.1, 0.15) is 48.4 Å². The van der Waals surface area contributed by atoms with Crippen molar-refractivity contribution in [3.63, 3.8) is 0 Å². The Morgan fingerprint density at radius 1 is 1.26 bits per heavy atom. The van der Waals surface area contributed by atoms with Crippen LogP contribution in [-0.2, 0) is 6.18 Å². The molecule has 0 saturated carbocycles. The molecule has 0 spiro atoms. The Bertz CT molecular complexity index is 995. The first-order chi connectivity index (χ1) is 14.6. The molecule has 1 aliphatic heterocycles. The largest absolute Gasteiger partial charge is 0.416 e. The topological polar surface area (TPSA) is 67.2 Å². The number of hydrogen-bond acceptors (Lipinski definition) is 4. The number of alkyl halides is 3. The molecule has 31 heavy (non-hydrogen) atoms. The average Bonchev–Trinajstić information content (AvgIpc) is 2.72. The number of aryl methyl sites for hydroxylation is 1. The second kappa shape index (κ2) is 9.21. The highest BCUT2D eigenvalue weighted by Crippen LogP contribution is 2.30. The number of benzene rings is 1. The van der Waals surface area contributed by atoms with Crippen LogP contribution in [0.3, 0.4) is 0 Å². The second-order valence-corrected chi connectivity index (χ2v) is 8.24. The standard InChI is InChI=1S/C22H27F3N4O2/c1-14-7-9-28(10-8-14)16(3)13-26-21(31)20-19(30)11-15(2)29(27-20)18-6-4-5-17(12-18)22(23,24)25/h4-6,11-12,14,16H,7-10,13H2,1-3H3,(H,26,31). The van der Waals surface area contributed by atoms with Gasteiger partial charge in [0.1, 0.15) is 0 Å². The Labute approximate surface area is 179 Å². The van der Waals surface area contributed by atoms with Gasteiger partial charge >= 0.3 is 6.18 Å². The number of rotatable bonds is 5. The summed E-state index contributed by atoms with van der Waals surface area (Å²) in [6.07, 6.45) is -2.29. The monoisotopic (exact) mass is 436 g/mol. The first kappa shape index (κ1) is 23.0. The number of nitrogens with zero attached hydrogens (tertiary/aromatic N) is 3. The van der Waals surface area contributed by atoms with Crippen LogP contribution in [0.2, 0.25) is 0 Å². The predicted octanol–water partition coefficient (Wildman–Crippen LogP) is 3.41. The minimum atomic E-state index is -4.51. The molecule has 1 N–H and O–H groups in total. The van der Waals surface area contributed by atoms with Crippen LogP contribution in [0.4, 0.5) is 13.2 Å². The van der Waals surface area contributed by atoms with Gasteiger partial charge in [-0.2, -0.15) is 18.3 Å². The van der Waals surface area contributed by atoms with Crippen LogP contribution in [-0.4, -0.2) is 46.3 Å². The van der Waals surface area contributed by atoms with Crippen molar-refractivity contribution in [1.29, 1.82) is 0 Å². The van der Waals surface area contributed by atoms with Crippen molar-refractivity contribution in [1.82, 2.24) is 20.0 Å². The maximum atomic E-state index is 13.1. The van der Waals surface area contributed by atoms with Gasteiger partial charge in [-0.3, -0.25) is 14.5 Å². The maximum Gasteiger partial charge on any atom is 0.416 e. The summed E-state index contributed by atoms with van der Waals surface area (Å²) in [5.74, 6) is 0.0621. The summed E-state index contributed by atoms with van der Waals surface area (Å²) in [5.41, 5.74) is -1.30. The summed E-state index contributed by atoms with van der Waals surface area (Å²) in [4.78, 5) is 27.3. The van der Waals surface area contributed by atoms with Gasteiger partial charge in [0.05, 0.1) is 11.3 Å². The number of piperidine rings is 1. The molecule has 2 aromatic rings. The van der Waals surface area contributed by atoms with Gasteiger partial charge in [-0.1, -0.05) is 13.0 Å². The molecular formula is C22H27F3N4O2. The summed E-state index contributed by atoms with van der Waals surface area (Å²) >= 11 is 0. The molecule has 1 aliphatic rings. The summed E-state index contributed by atoms with van der Waals surface area (Å²) < 4.78 is 40.4. The van der Waals surface area contributed by atoms with E-state index in [0.717, 1.165) is 38.1 Å². The zero-order chi connectivity index (χ0) is 22.8. The molecular weight excluding hydrogens is 409 g/mol. The Balaban J connectivity index is 1.78. The van der Waals surface area contributed by atoms with Crippen molar-refractivity contribution in [3.8, 4) is 5.69 Å². The number of nitrogens with one attached hydrogen (secondary N) is 1. The molecule has 3 rings (SSSR count). The Kier molecular flexibility index (Phi) is 6.83. The van der Waals surface area contributed by atoms with Gasteiger partial charge in [0, 0.05) is 24.3 Å². The van der Waals surface area contributed by atoms with Crippen molar-refractivity contribution in [2.45, 2.75) is 45.8 Å². The van der Waals surface area contributed by atoms with Crippen molar-refractivity contribution < 1.29 is 18.0 Å². The molecule has 1 amide bonds. The fraction of sp³-hybridized carbons (Fsp3) is 0.500. The Hall–Kier alpha value is -2.68. The zero-order valence-electron chi connectivity index (χ0n) is 17.9. The van der Waals surface area contributed by atoms with Gasteiger partial charge in [-0.15, -0.1) is 0 Å². The van der Waals surface area contributed by atoms with E-state index >= 15 is 0 Å². The summed E-state index contributed by atoms with van der Waals surface area (Å²) in [5, 5.41) is 6.82. The lowest BCUT2D eigenvalue weighted by Crippen LogP contribution is -2.46. The molecule has 9 heteroatoms. The van der Waals surface area contributed by atoms with Gasteiger partial charge in [-0.05, 0) is 63.9 Å². The minimum Gasteiger partial charge on any atom is -0.349 e. The van der Waals surface area contributed by atoms with Crippen molar-refractivity contribution in [2.24, 2.45) is 5.92 Å². The van der Waals surface area contributed by atoms with E-state index in [1.165, 1.54) is 22.9 Å². The van der Waals surface area contributed by atoms with Gasteiger partial charge in [0.15, 0.2) is 5.69 Å². The van der Waals surface area contributed by atoms with E-state index in [1.54, 1.807) is 6.92 Å². The normalized spacial score (nSPS) is 16.8. The van der Waals surface area contributed by atoms with E-state index in [-0.39, 0.29) is 17.4 Å². The quantitative estimate of drug-likeness (QED) is 0.780. The van der Waals surface area contributed by atoms with Crippen molar-refractivity contribution >= 4 is 5.91 Å². The summed E-state index contributed by atoms with van der Waals surface area (Å²) in [6.45, 7) is 8.07. The lowest BCUT2D eigenvalue weighted by atomic mass is 9.98. The van der Waals surface area contributed by atoms with Crippen LogP contribution < -0.4 is 10.7 Å². The van der Waals surface area contributed by atoms with E-state index in [4.69, 9.17) is 0 Å². The van der Waals surface area contributed by atoms with Crippen LogP contribution >= 0.6 is 0 Å². The molecule has 1 aromatic heterocycles. The first-order valence-electron chi connectivity index (χ1n) is 10.4. The molecule has 0 bridgehead atoms. The van der Waals surface area contributed by atoms with E-state index in [0.29, 0.717) is 18.2 Å². The molecule has 0 aliphatic carbocycles. The SMILES string of the molecule is Cc1cc(=O)c(C(=O)NCC(C)N2CCC(C)CC2)nn1-c1cccc(C(F)(F)F)c1. The van der Waals surface area contributed by atoms with Crippen LogP contribution in [0.15, 0.2) is 35.1 Å². The van der Waals surface area contributed by atoms with E-state index in [1.807, 2.05) is 6.92 Å². The molecule has 1 saturated heterocycles. The zero-order valence-corrected chi connectivity index (χ0v) is 17.9. The van der Waals surface area contributed by atoms with E-state index in [2.05, 4.69) is 22.2 Å². The fourth-order valence-electron chi connectivity index (χ4n) is 3.70. The molecule has 1 atom stereocenters. The molecule has 168 valence electrons. The third-order valence-electron chi connectivity index (χ3n) is 5.74. The number of carbonyl (C=O) groups excluding carboxylic acids is 1. The van der Waals surface area contributed by atoms with E-state index < -0.39 is 23.1 Å². The van der Waals surface area contributed by atoms with Crippen LogP contribution in [0.5, 0.6) is 0 Å². The molecule has 1 aromatic carbocycles. The fourth-order valence-corrected chi connectivity index (χ4v) is 3.70. The van der Waals surface area contributed by atoms with Gasteiger partial charge in [0.2, 0.25) is 5.43 Å². The number of likely N-dealkylation sites (tertiary alicyclic amines) is 1. The number of carbonyl (C=O) groups is 1. The molecule has 0 radical (unpaired) electrons.